The molecular weight excluding hydrogens is 253 g/mol. The van der Waals surface area contributed by atoms with Crippen molar-refractivity contribution in [1.82, 2.24) is 4.90 Å². The smallest absolute Gasteiger partial charge is 0.326 e. The fourth-order valence-corrected chi connectivity index (χ4v) is 2.09. The van der Waals surface area contributed by atoms with Crippen molar-refractivity contribution in [2.45, 2.75) is 39.5 Å². The summed E-state index contributed by atoms with van der Waals surface area (Å²) in [7, 11) is 0. The minimum atomic E-state index is -4.15. The molecule has 0 aliphatic carbocycles. The van der Waals surface area contributed by atoms with Gasteiger partial charge in [-0.15, -0.1) is 0 Å². The first kappa shape index (κ1) is 16.0. The number of nitrogens with two attached hydrogens (primary N) is 1. The maximum absolute atomic E-state index is 12.5. The van der Waals surface area contributed by atoms with Crippen LogP contribution in [0.4, 0.5) is 13.2 Å². The molecule has 0 unspecified atom stereocenters. The molecule has 0 atom stereocenters. The van der Waals surface area contributed by atoms with Crippen molar-refractivity contribution in [3.8, 4) is 0 Å². The van der Waals surface area contributed by atoms with Crippen molar-refractivity contribution in [2.75, 3.05) is 13.1 Å². The van der Waals surface area contributed by atoms with Gasteiger partial charge in [-0.3, -0.25) is 4.90 Å². The average Bonchev–Trinajstić information content (AvgIpc) is 2.30. The third-order valence-electron chi connectivity index (χ3n) is 2.98. The number of halogens is 3. The second kappa shape index (κ2) is 6.91. The molecule has 0 fully saturated rings. The third-order valence-corrected chi connectivity index (χ3v) is 2.98. The lowest BCUT2D eigenvalue weighted by molar-refractivity contribution is -0.147. The molecule has 0 heterocycles. The van der Waals surface area contributed by atoms with E-state index >= 15 is 0 Å². The predicted octanol–water partition coefficient (Wildman–Crippen LogP) is 3.23. The number of rotatable bonds is 6. The van der Waals surface area contributed by atoms with Crippen molar-refractivity contribution < 1.29 is 13.2 Å². The molecule has 1 rings (SSSR count). The number of alkyl halides is 3. The summed E-state index contributed by atoms with van der Waals surface area (Å²) in [5.41, 5.74) is 8.46. The second-order valence-electron chi connectivity index (χ2n) is 4.79. The summed E-state index contributed by atoms with van der Waals surface area (Å²) in [5.74, 6) is 0. The van der Waals surface area contributed by atoms with Gasteiger partial charge in [-0.05, 0) is 36.6 Å². The molecule has 0 saturated heterocycles. The monoisotopic (exact) mass is 274 g/mol. The molecule has 0 bridgehead atoms. The van der Waals surface area contributed by atoms with Gasteiger partial charge in [0.05, 0.1) is 6.54 Å². The van der Waals surface area contributed by atoms with Crippen LogP contribution >= 0.6 is 0 Å². The number of hydrogen-bond donors (Lipinski definition) is 1. The Kier molecular flexibility index (Phi) is 5.82. The van der Waals surface area contributed by atoms with Gasteiger partial charge in [0.2, 0.25) is 0 Å². The van der Waals surface area contributed by atoms with Gasteiger partial charge in [0.1, 0.15) is 0 Å². The Labute approximate surface area is 112 Å². The Morgan fingerprint density at radius 2 is 1.95 bits per heavy atom. The van der Waals surface area contributed by atoms with Crippen molar-refractivity contribution in [3.05, 3.63) is 34.9 Å². The molecular formula is C14H21F3N2. The maximum Gasteiger partial charge on any atom is 0.401 e. The first-order chi connectivity index (χ1) is 8.85. The van der Waals surface area contributed by atoms with E-state index in [0.29, 0.717) is 26.1 Å². The van der Waals surface area contributed by atoms with Crippen LogP contribution in [-0.2, 0) is 13.1 Å². The van der Waals surface area contributed by atoms with E-state index in [4.69, 9.17) is 5.73 Å². The van der Waals surface area contributed by atoms with Crippen LogP contribution in [0.2, 0.25) is 0 Å². The summed E-state index contributed by atoms with van der Waals surface area (Å²) in [6.07, 6.45) is -3.45. The molecule has 108 valence electrons. The van der Waals surface area contributed by atoms with E-state index in [1.165, 1.54) is 4.90 Å². The first-order valence-corrected chi connectivity index (χ1v) is 6.43. The number of nitrogens with zero attached hydrogens (tertiary/aromatic N) is 1. The van der Waals surface area contributed by atoms with E-state index in [1.54, 1.807) is 0 Å². The van der Waals surface area contributed by atoms with Gasteiger partial charge < -0.3 is 5.73 Å². The predicted molar refractivity (Wildman–Crippen MR) is 70.7 cm³/mol. The molecule has 0 spiro atoms. The number of aryl methyl sites for hydroxylation is 1. The lowest BCUT2D eigenvalue weighted by Crippen LogP contribution is -2.34. The first-order valence-electron chi connectivity index (χ1n) is 6.43. The van der Waals surface area contributed by atoms with Gasteiger partial charge >= 0.3 is 6.18 Å². The molecule has 1 aromatic carbocycles. The number of benzene rings is 1. The van der Waals surface area contributed by atoms with Crippen molar-refractivity contribution in [3.63, 3.8) is 0 Å². The molecule has 0 radical (unpaired) electrons. The van der Waals surface area contributed by atoms with E-state index in [9.17, 15) is 13.2 Å². The fourth-order valence-electron chi connectivity index (χ4n) is 2.09. The Balaban J connectivity index is 2.78. The van der Waals surface area contributed by atoms with Crippen molar-refractivity contribution in [1.29, 1.82) is 0 Å². The largest absolute Gasteiger partial charge is 0.401 e. The highest BCUT2D eigenvalue weighted by atomic mass is 19.4. The van der Waals surface area contributed by atoms with Gasteiger partial charge in [0, 0.05) is 13.1 Å². The van der Waals surface area contributed by atoms with Crippen molar-refractivity contribution >= 4 is 0 Å². The lowest BCUT2D eigenvalue weighted by Gasteiger charge is -2.24. The molecule has 0 saturated carbocycles. The van der Waals surface area contributed by atoms with E-state index < -0.39 is 12.7 Å². The number of hydrogen-bond acceptors (Lipinski definition) is 2. The normalized spacial score (nSPS) is 12.2. The molecule has 19 heavy (non-hydrogen) atoms. The highest BCUT2D eigenvalue weighted by molar-refractivity contribution is 5.31. The summed E-state index contributed by atoms with van der Waals surface area (Å²) >= 11 is 0. The van der Waals surface area contributed by atoms with Crippen LogP contribution in [0.15, 0.2) is 18.2 Å². The van der Waals surface area contributed by atoms with Crippen LogP contribution in [0, 0.1) is 6.92 Å². The quantitative estimate of drug-likeness (QED) is 0.863. The van der Waals surface area contributed by atoms with Gasteiger partial charge in [-0.25, -0.2) is 0 Å². The van der Waals surface area contributed by atoms with Gasteiger partial charge in [-0.2, -0.15) is 13.2 Å². The van der Waals surface area contributed by atoms with Crippen LogP contribution in [0.25, 0.3) is 0 Å². The minimum absolute atomic E-state index is 0.323. The second-order valence-corrected chi connectivity index (χ2v) is 4.79. The zero-order chi connectivity index (χ0) is 14.5. The topological polar surface area (TPSA) is 29.3 Å². The standard InChI is InChI=1S/C14H21F3N2/c1-3-6-19(10-14(15,16)17)9-13-5-4-12(8-18)7-11(13)2/h4-5,7H,3,6,8-10,18H2,1-2H3. The molecule has 0 aromatic heterocycles. The van der Waals surface area contributed by atoms with Gasteiger partial charge in [-0.1, -0.05) is 25.1 Å². The van der Waals surface area contributed by atoms with E-state index in [0.717, 1.165) is 16.7 Å². The fraction of sp³-hybridized carbons (Fsp3) is 0.571. The summed E-state index contributed by atoms with van der Waals surface area (Å²) in [6, 6.07) is 5.68. The molecule has 0 aliphatic heterocycles. The minimum Gasteiger partial charge on any atom is -0.326 e. The molecule has 0 aliphatic rings. The Bertz CT molecular complexity index is 402. The van der Waals surface area contributed by atoms with E-state index in [-0.39, 0.29) is 0 Å². The molecule has 5 heteroatoms. The maximum atomic E-state index is 12.5. The van der Waals surface area contributed by atoms with Crippen LogP contribution in [0.5, 0.6) is 0 Å². The highest BCUT2D eigenvalue weighted by Gasteiger charge is 2.30. The Hall–Kier alpha value is -1.07. The van der Waals surface area contributed by atoms with Crippen LogP contribution in [0.3, 0.4) is 0 Å². The molecule has 1 aromatic rings. The van der Waals surface area contributed by atoms with Crippen LogP contribution in [-0.4, -0.2) is 24.2 Å². The zero-order valence-electron chi connectivity index (χ0n) is 11.4. The molecule has 2 N–H and O–H groups in total. The molecule has 0 amide bonds. The van der Waals surface area contributed by atoms with Crippen molar-refractivity contribution in [2.24, 2.45) is 5.73 Å². The Morgan fingerprint density at radius 3 is 2.42 bits per heavy atom. The lowest BCUT2D eigenvalue weighted by atomic mass is 10.0. The summed E-state index contributed by atoms with van der Waals surface area (Å²) in [5, 5.41) is 0. The van der Waals surface area contributed by atoms with E-state index in [1.807, 2.05) is 32.0 Å². The SMILES string of the molecule is CCCN(Cc1ccc(CN)cc1C)CC(F)(F)F. The summed E-state index contributed by atoms with van der Waals surface area (Å²) in [6.45, 7) is 4.14. The van der Waals surface area contributed by atoms with E-state index in [2.05, 4.69) is 0 Å². The molecule has 2 nitrogen and oxygen atoms in total. The van der Waals surface area contributed by atoms with Gasteiger partial charge in [0.15, 0.2) is 0 Å². The highest BCUT2D eigenvalue weighted by Crippen LogP contribution is 2.20. The third kappa shape index (κ3) is 5.61. The van der Waals surface area contributed by atoms with Gasteiger partial charge in [0.25, 0.3) is 0 Å². The zero-order valence-corrected chi connectivity index (χ0v) is 11.4. The summed E-state index contributed by atoms with van der Waals surface area (Å²) in [4.78, 5) is 1.43. The van der Waals surface area contributed by atoms with Crippen LogP contribution in [0.1, 0.15) is 30.0 Å². The Morgan fingerprint density at radius 1 is 1.26 bits per heavy atom. The summed E-state index contributed by atoms with van der Waals surface area (Å²) < 4.78 is 37.5. The van der Waals surface area contributed by atoms with Crippen LogP contribution < -0.4 is 5.73 Å². The average molecular weight is 274 g/mol.